The molecular weight excluding hydrogens is 182 g/mol. The first kappa shape index (κ1) is 12.9. The van der Waals surface area contributed by atoms with Crippen LogP contribution < -0.4 is 5.32 Å². The van der Waals surface area contributed by atoms with Gasteiger partial charge in [0.05, 0.1) is 19.3 Å². The van der Waals surface area contributed by atoms with E-state index < -0.39 is 6.04 Å². The Labute approximate surface area is 84.3 Å². The van der Waals surface area contributed by atoms with Crippen LogP contribution in [0.15, 0.2) is 0 Å². The first-order valence-corrected chi connectivity index (χ1v) is 4.69. The highest BCUT2D eigenvalue weighted by molar-refractivity contribution is 5.76. The molecule has 0 atom stereocenters. The van der Waals surface area contributed by atoms with Crippen molar-refractivity contribution in [2.24, 2.45) is 0 Å². The van der Waals surface area contributed by atoms with Gasteiger partial charge in [0, 0.05) is 12.8 Å². The van der Waals surface area contributed by atoms with Gasteiger partial charge >= 0.3 is 0 Å². The number of aliphatic hydroxyl groups is 2. The molecule has 0 aliphatic heterocycles. The smallest absolute Gasteiger partial charge is 0.220 e. The van der Waals surface area contributed by atoms with Crippen molar-refractivity contribution in [2.75, 3.05) is 13.2 Å². The highest BCUT2D eigenvalue weighted by Gasteiger charge is 2.08. The van der Waals surface area contributed by atoms with Gasteiger partial charge in [-0.15, -0.1) is 12.3 Å². The molecule has 4 nitrogen and oxygen atoms in total. The predicted molar refractivity (Wildman–Crippen MR) is 53.4 cm³/mol. The Morgan fingerprint density at radius 2 is 2.00 bits per heavy atom. The molecule has 0 aromatic carbocycles. The topological polar surface area (TPSA) is 69.6 Å². The second kappa shape index (κ2) is 8.54. The summed E-state index contributed by atoms with van der Waals surface area (Å²) >= 11 is 0. The second-order valence-electron chi connectivity index (χ2n) is 3.04. The minimum absolute atomic E-state index is 0.157. The summed E-state index contributed by atoms with van der Waals surface area (Å²) in [6.45, 7) is -0.487. The zero-order valence-corrected chi connectivity index (χ0v) is 8.20. The highest BCUT2D eigenvalue weighted by Crippen LogP contribution is 1.98. The van der Waals surface area contributed by atoms with Crippen molar-refractivity contribution in [1.29, 1.82) is 0 Å². The SMILES string of the molecule is C#CCCCCC(=O)NC(CO)CO. The van der Waals surface area contributed by atoms with Crippen molar-refractivity contribution in [3.63, 3.8) is 0 Å². The van der Waals surface area contributed by atoms with Crippen molar-refractivity contribution >= 4 is 5.91 Å². The van der Waals surface area contributed by atoms with E-state index in [4.69, 9.17) is 16.6 Å². The molecule has 0 fully saturated rings. The fourth-order valence-corrected chi connectivity index (χ4v) is 0.961. The lowest BCUT2D eigenvalue weighted by Gasteiger charge is -2.12. The van der Waals surface area contributed by atoms with Crippen LogP contribution in [-0.2, 0) is 4.79 Å². The van der Waals surface area contributed by atoms with Crippen molar-refractivity contribution in [3.05, 3.63) is 0 Å². The molecular formula is C10H17NO3. The maximum atomic E-state index is 11.1. The molecule has 0 radical (unpaired) electrons. The summed E-state index contributed by atoms with van der Waals surface area (Å²) in [5, 5.41) is 19.9. The molecule has 0 spiro atoms. The van der Waals surface area contributed by atoms with Crippen LogP contribution in [0.4, 0.5) is 0 Å². The first-order chi connectivity index (χ1) is 6.74. The van der Waals surface area contributed by atoms with Crippen molar-refractivity contribution < 1.29 is 15.0 Å². The molecule has 14 heavy (non-hydrogen) atoms. The Balaban J connectivity index is 3.50. The zero-order valence-electron chi connectivity index (χ0n) is 8.20. The summed E-state index contributed by atoms with van der Waals surface area (Å²) in [7, 11) is 0. The molecule has 80 valence electrons. The minimum atomic E-state index is -0.546. The zero-order chi connectivity index (χ0) is 10.8. The van der Waals surface area contributed by atoms with Crippen molar-refractivity contribution in [1.82, 2.24) is 5.32 Å². The molecule has 0 unspecified atom stereocenters. The predicted octanol–water partition coefficient (Wildman–Crippen LogP) is -0.351. The van der Waals surface area contributed by atoms with Crippen LogP contribution in [0.5, 0.6) is 0 Å². The number of terminal acetylenes is 1. The number of rotatable bonds is 7. The Morgan fingerprint density at radius 1 is 1.36 bits per heavy atom. The van der Waals surface area contributed by atoms with Gasteiger partial charge in [0.15, 0.2) is 0 Å². The Kier molecular flexibility index (Phi) is 7.90. The quantitative estimate of drug-likeness (QED) is 0.388. The number of hydrogen-bond donors (Lipinski definition) is 3. The third-order valence-corrected chi connectivity index (χ3v) is 1.78. The first-order valence-electron chi connectivity index (χ1n) is 4.69. The number of nitrogens with one attached hydrogen (secondary N) is 1. The third-order valence-electron chi connectivity index (χ3n) is 1.78. The lowest BCUT2D eigenvalue weighted by Crippen LogP contribution is -2.39. The lowest BCUT2D eigenvalue weighted by molar-refractivity contribution is -0.122. The van der Waals surface area contributed by atoms with Gasteiger partial charge in [-0.25, -0.2) is 0 Å². The molecule has 0 aromatic heterocycles. The van der Waals surface area contributed by atoms with Crippen LogP contribution in [0, 0.1) is 12.3 Å². The summed E-state index contributed by atoms with van der Waals surface area (Å²) in [5.41, 5.74) is 0. The van der Waals surface area contributed by atoms with Crippen LogP contribution in [0.25, 0.3) is 0 Å². The molecule has 3 N–H and O–H groups in total. The Morgan fingerprint density at radius 3 is 2.50 bits per heavy atom. The van der Waals surface area contributed by atoms with Gasteiger partial charge in [-0.2, -0.15) is 0 Å². The van der Waals surface area contributed by atoms with E-state index in [0.717, 1.165) is 12.8 Å². The molecule has 4 heteroatoms. The number of unbranched alkanes of at least 4 members (excludes halogenated alkanes) is 2. The number of aliphatic hydroxyl groups excluding tert-OH is 2. The Bertz CT molecular complexity index is 194. The van der Waals surface area contributed by atoms with Gasteiger partial charge in [-0.1, -0.05) is 0 Å². The van der Waals surface area contributed by atoms with Gasteiger partial charge < -0.3 is 15.5 Å². The molecule has 0 aliphatic carbocycles. The standard InChI is InChI=1S/C10H17NO3/c1-2-3-4-5-6-10(14)11-9(7-12)8-13/h1,9,12-13H,3-8H2,(H,11,14). The number of amides is 1. The van der Waals surface area contributed by atoms with Crippen LogP contribution >= 0.6 is 0 Å². The summed E-state index contributed by atoms with van der Waals surface area (Å²) in [6.07, 6.45) is 7.68. The number of carbonyl (C=O) groups is 1. The van der Waals surface area contributed by atoms with Crippen molar-refractivity contribution in [2.45, 2.75) is 31.7 Å². The monoisotopic (exact) mass is 199 g/mol. The van der Waals surface area contributed by atoms with Crippen molar-refractivity contribution in [3.8, 4) is 12.3 Å². The van der Waals surface area contributed by atoms with E-state index in [1.54, 1.807) is 0 Å². The summed E-state index contributed by atoms with van der Waals surface area (Å²) in [4.78, 5) is 11.1. The lowest BCUT2D eigenvalue weighted by atomic mass is 10.2. The highest BCUT2D eigenvalue weighted by atomic mass is 16.3. The molecule has 0 saturated heterocycles. The maximum Gasteiger partial charge on any atom is 0.220 e. The minimum Gasteiger partial charge on any atom is -0.394 e. The maximum absolute atomic E-state index is 11.1. The normalized spacial score (nSPS) is 9.86. The van der Waals surface area contributed by atoms with Gasteiger partial charge in [0.2, 0.25) is 5.91 Å². The summed E-state index contributed by atoms with van der Waals surface area (Å²) < 4.78 is 0. The fraction of sp³-hybridized carbons (Fsp3) is 0.700. The second-order valence-corrected chi connectivity index (χ2v) is 3.04. The molecule has 1 amide bonds. The molecule has 0 saturated carbocycles. The number of carbonyl (C=O) groups excluding carboxylic acids is 1. The third kappa shape index (κ3) is 6.46. The molecule has 0 bridgehead atoms. The van der Waals surface area contributed by atoms with Gasteiger partial charge in [-0.05, 0) is 12.8 Å². The van der Waals surface area contributed by atoms with E-state index in [0.29, 0.717) is 12.8 Å². The fourth-order valence-electron chi connectivity index (χ4n) is 0.961. The number of hydrogen-bond acceptors (Lipinski definition) is 3. The van der Waals surface area contributed by atoms with Crippen LogP contribution in [-0.4, -0.2) is 35.4 Å². The van der Waals surface area contributed by atoms with Crippen LogP contribution in [0.1, 0.15) is 25.7 Å². The average molecular weight is 199 g/mol. The van der Waals surface area contributed by atoms with Gasteiger partial charge in [0.1, 0.15) is 0 Å². The largest absolute Gasteiger partial charge is 0.394 e. The van der Waals surface area contributed by atoms with E-state index >= 15 is 0 Å². The van der Waals surface area contributed by atoms with E-state index in [1.807, 2.05) is 0 Å². The Hall–Kier alpha value is -1.05. The van der Waals surface area contributed by atoms with Crippen LogP contribution in [0.3, 0.4) is 0 Å². The van der Waals surface area contributed by atoms with E-state index in [-0.39, 0.29) is 19.1 Å². The molecule has 0 aromatic rings. The van der Waals surface area contributed by atoms with Gasteiger partial charge in [0.25, 0.3) is 0 Å². The molecule has 0 aliphatic rings. The average Bonchev–Trinajstić information content (AvgIpc) is 2.21. The summed E-state index contributed by atoms with van der Waals surface area (Å²) in [6, 6.07) is -0.546. The van der Waals surface area contributed by atoms with Gasteiger partial charge in [-0.3, -0.25) is 4.79 Å². The van der Waals surface area contributed by atoms with E-state index in [9.17, 15) is 4.79 Å². The summed E-state index contributed by atoms with van der Waals surface area (Å²) in [5.74, 6) is 2.34. The van der Waals surface area contributed by atoms with E-state index in [1.165, 1.54) is 0 Å². The molecule has 0 rings (SSSR count). The van der Waals surface area contributed by atoms with E-state index in [2.05, 4.69) is 11.2 Å². The van der Waals surface area contributed by atoms with Crippen LogP contribution in [0.2, 0.25) is 0 Å². The molecule has 0 heterocycles.